The molecule has 5 heteroatoms. The highest BCUT2D eigenvalue weighted by Gasteiger charge is 2.22. The van der Waals surface area contributed by atoms with E-state index in [1.165, 1.54) is 6.42 Å². The lowest BCUT2D eigenvalue weighted by Gasteiger charge is -2.09. The summed E-state index contributed by atoms with van der Waals surface area (Å²) in [6, 6.07) is 5.98. The Hall–Kier alpha value is -1.62. The molecule has 0 amide bonds. The van der Waals surface area contributed by atoms with E-state index in [9.17, 15) is 0 Å². The van der Waals surface area contributed by atoms with Gasteiger partial charge in [0.05, 0.1) is 6.04 Å². The lowest BCUT2D eigenvalue weighted by Crippen LogP contribution is -2.16. The third-order valence-corrected chi connectivity index (χ3v) is 2.86. The van der Waals surface area contributed by atoms with Crippen molar-refractivity contribution in [2.24, 2.45) is 0 Å². The van der Waals surface area contributed by atoms with Crippen molar-refractivity contribution in [3.8, 4) is 0 Å². The minimum atomic E-state index is 0.296. The number of pyridine rings is 1. The molecule has 2 aromatic rings. The van der Waals surface area contributed by atoms with Crippen LogP contribution in [-0.4, -0.2) is 21.1 Å². The van der Waals surface area contributed by atoms with Gasteiger partial charge in [-0.25, -0.2) is 0 Å². The number of nitrogens with two attached hydrogens (primary N) is 1. The zero-order valence-corrected chi connectivity index (χ0v) is 8.35. The van der Waals surface area contributed by atoms with Gasteiger partial charge in [-0.1, -0.05) is 6.07 Å². The zero-order valence-electron chi connectivity index (χ0n) is 8.35. The summed E-state index contributed by atoms with van der Waals surface area (Å²) in [7, 11) is 0. The largest absolute Gasteiger partial charge is 0.385 e. The van der Waals surface area contributed by atoms with Gasteiger partial charge in [0.25, 0.3) is 0 Å². The Kier molecular flexibility index (Phi) is 1.85. The molecular weight excluding hydrogens is 190 g/mol. The fraction of sp³-hybridized carbons (Fsp3) is 0.400. The molecule has 78 valence electrons. The topological polar surface area (TPSA) is 68.2 Å². The first-order valence-electron chi connectivity index (χ1n) is 5.19. The standard InChI is InChI=1S/C10H13N5/c11-8-4-1-5-9-13-14-10(15(8)9)7-3-2-6-12-7/h1,4-5,7,12H,2-3,6,11H2. The average Bonchev–Trinajstić information content (AvgIpc) is 2.85. The van der Waals surface area contributed by atoms with Crippen LogP contribution in [0, 0.1) is 0 Å². The zero-order chi connectivity index (χ0) is 10.3. The number of hydrogen-bond acceptors (Lipinski definition) is 4. The van der Waals surface area contributed by atoms with Gasteiger partial charge in [0, 0.05) is 0 Å². The van der Waals surface area contributed by atoms with Crippen molar-refractivity contribution in [2.75, 3.05) is 12.3 Å². The predicted octanol–water partition coefficient (Wildman–Crippen LogP) is 0.736. The first kappa shape index (κ1) is 8.67. The molecule has 2 aromatic heterocycles. The van der Waals surface area contributed by atoms with E-state index in [1.54, 1.807) is 0 Å². The van der Waals surface area contributed by atoms with Gasteiger partial charge < -0.3 is 11.1 Å². The number of anilines is 1. The van der Waals surface area contributed by atoms with Crippen LogP contribution in [0.3, 0.4) is 0 Å². The van der Waals surface area contributed by atoms with Crippen molar-refractivity contribution in [1.82, 2.24) is 19.9 Å². The highest BCUT2D eigenvalue weighted by atomic mass is 15.3. The van der Waals surface area contributed by atoms with Gasteiger partial charge >= 0.3 is 0 Å². The Balaban J connectivity index is 2.18. The van der Waals surface area contributed by atoms with E-state index in [4.69, 9.17) is 5.73 Å². The Morgan fingerprint density at radius 2 is 2.33 bits per heavy atom. The molecule has 3 N–H and O–H groups in total. The molecule has 1 aliphatic rings. The molecular formula is C10H13N5. The van der Waals surface area contributed by atoms with Gasteiger partial charge in [0.15, 0.2) is 11.5 Å². The maximum absolute atomic E-state index is 5.92. The number of nitrogen functional groups attached to an aromatic ring is 1. The number of rotatable bonds is 1. The van der Waals surface area contributed by atoms with Gasteiger partial charge in [0.2, 0.25) is 0 Å². The predicted molar refractivity (Wildman–Crippen MR) is 57.4 cm³/mol. The van der Waals surface area contributed by atoms with Crippen LogP contribution in [0.4, 0.5) is 5.82 Å². The van der Waals surface area contributed by atoms with Crippen LogP contribution in [0.2, 0.25) is 0 Å². The summed E-state index contributed by atoms with van der Waals surface area (Å²) in [5.74, 6) is 1.63. The highest BCUT2D eigenvalue weighted by Crippen LogP contribution is 2.23. The van der Waals surface area contributed by atoms with Gasteiger partial charge in [-0.05, 0) is 31.5 Å². The number of fused-ring (bicyclic) bond motifs is 1. The molecule has 0 bridgehead atoms. The van der Waals surface area contributed by atoms with Crippen LogP contribution in [0.5, 0.6) is 0 Å². The van der Waals surface area contributed by atoms with Crippen molar-refractivity contribution in [3.05, 3.63) is 24.0 Å². The van der Waals surface area contributed by atoms with E-state index in [2.05, 4.69) is 15.5 Å². The fourth-order valence-electron chi connectivity index (χ4n) is 2.12. The summed E-state index contributed by atoms with van der Waals surface area (Å²) in [5, 5.41) is 11.7. The van der Waals surface area contributed by atoms with E-state index in [1.807, 2.05) is 22.6 Å². The lowest BCUT2D eigenvalue weighted by molar-refractivity contribution is 0.599. The Morgan fingerprint density at radius 3 is 3.13 bits per heavy atom. The molecule has 15 heavy (non-hydrogen) atoms. The maximum Gasteiger partial charge on any atom is 0.162 e. The van der Waals surface area contributed by atoms with Crippen LogP contribution in [-0.2, 0) is 0 Å². The molecule has 1 saturated heterocycles. The quantitative estimate of drug-likeness (QED) is 0.717. The highest BCUT2D eigenvalue weighted by molar-refractivity contribution is 5.47. The molecule has 0 radical (unpaired) electrons. The van der Waals surface area contributed by atoms with Crippen LogP contribution < -0.4 is 11.1 Å². The number of nitrogens with one attached hydrogen (secondary N) is 1. The third kappa shape index (κ3) is 1.27. The maximum atomic E-state index is 5.92. The molecule has 0 spiro atoms. The number of hydrogen-bond donors (Lipinski definition) is 2. The fourth-order valence-corrected chi connectivity index (χ4v) is 2.12. The van der Waals surface area contributed by atoms with E-state index in [-0.39, 0.29) is 0 Å². The van der Waals surface area contributed by atoms with Crippen molar-refractivity contribution in [1.29, 1.82) is 0 Å². The molecule has 0 aromatic carbocycles. The van der Waals surface area contributed by atoms with Crippen molar-refractivity contribution >= 4 is 11.5 Å². The van der Waals surface area contributed by atoms with Gasteiger partial charge in [0.1, 0.15) is 5.82 Å². The minimum Gasteiger partial charge on any atom is -0.385 e. The first-order chi connectivity index (χ1) is 7.36. The Labute approximate surface area is 87.3 Å². The first-order valence-corrected chi connectivity index (χ1v) is 5.19. The van der Waals surface area contributed by atoms with Crippen molar-refractivity contribution in [3.63, 3.8) is 0 Å². The second-order valence-corrected chi connectivity index (χ2v) is 3.85. The second kappa shape index (κ2) is 3.20. The molecule has 1 aliphatic heterocycles. The third-order valence-electron chi connectivity index (χ3n) is 2.86. The molecule has 0 aliphatic carbocycles. The summed E-state index contributed by atoms with van der Waals surface area (Å²) in [6.07, 6.45) is 2.29. The molecule has 3 heterocycles. The number of aromatic nitrogens is 3. The van der Waals surface area contributed by atoms with Crippen LogP contribution in [0.15, 0.2) is 18.2 Å². The Morgan fingerprint density at radius 1 is 1.40 bits per heavy atom. The summed E-state index contributed by atoms with van der Waals surface area (Å²) in [6.45, 7) is 1.05. The second-order valence-electron chi connectivity index (χ2n) is 3.85. The summed E-state index contributed by atoms with van der Waals surface area (Å²) in [5.41, 5.74) is 6.74. The van der Waals surface area contributed by atoms with E-state index in [0.717, 1.165) is 24.4 Å². The molecule has 1 unspecified atom stereocenters. The van der Waals surface area contributed by atoms with Crippen LogP contribution in [0.1, 0.15) is 24.7 Å². The normalized spacial score (nSPS) is 21.2. The molecule has 0 saturated carbocycles. The molecule has 5 nitrogen and oxygen atoms in total. The smallest absolute Gasteiger partial charge is 0.162 e. The summed E-state index contributed by atoms with van der Waals surface area (Å²) >= 11 is 0. The SMILES string of the molecule is Nc1cccc2nnc(C3CCCN3)n12. The van der Waals surface area contributed by atoms with Crippen LogP contribution >= 0.6 is 0 Å². The van der Waals surface area contributed by atoms with Crippen LogP contribution in [0.25, 0.3) is 5.65 Å². The van der Waals surface area contributed by atoms with Gasteiger partial charge in [-0.3, -0.25) is 4.40 Å². The molecule has 3 rings (SSSR count). The van der Waals surface area contributed by atoms with E-state index < -0.39 is 0 Å². The number of nitrogens with zero attached hydrogens (tertiary/aromatic N) is 3. The average molecular weight is 203 g/mol. The Bertz CT molecular complexity index is 484. The summed E-state index contributed by atoms with van der Waals surface area (Å²) in [4.78, 5) is 0. The molecule has 1 atom stereocenters. The van der Waals surface area contributed by atoms with Crippen molar-refractivity contribution in [2.45, 2.75) is 18.9 Å². The van der Waals surface area contributed by atoms with E-state index in [0.29, 0.717) is 11.9 Å². The van der Waals surface area contributed by atoms with Crippen molar-refractivity contribution < 1.29 is 0 Å². The van der Waals surface area contributed by atoms with E-state index >= 15 is 0 Å². The van der Waals surface area contributed by atoms with Gasteiger partial charge in [-0.2, -0.15) is 0 Å². The minimum absolute atomic E-state index is 0.296. The van der Waals surface area contributed by atoms with Gasteiger partial charge in [-0.15, -0.1) is 10.2 Å². The summed E-state index contributed by atoms with van der Waals surface area (Å²) < 4.78 is 1.92. The molecule has 1 fully saturated rings. The lowest BCUT2D eigenvalue weighted by atomic mass is 10.2. The monoisotopic (exact) mass is 203 g/mol.